The SMILES string of the molecule is COc1ccc2cc(C(=O)NCC(C)C)[nH]c2c1. The molecule has 0 bridgehead atoms. The number of hydrogen-bond donors (Lipinski definition) is 2. The summed E-state index contributed by atoms with van der Waals surface area (Å²) in [6.45, 7) is 4.81. The highest BCUT2D eigenvalue weighted by Gasteiger charge is 2.09. The van der Waals surface area contributed by atoms with Crippen molar-refractivity contribution in [3.63, 3.8) is 0 Å². The molecule has 0 saturated carbocycles. The molecule has 4 heteroatoms. The van der Waals surface area contributed by atoms with Crippen molar-refractivity contribution >= 4 is 16.8 Å². The second-order valence-electron chi connectivity index (χ2n) is 4.74. The maximum atomic E-state index is 11.9. The van der Waals surface area contributed by atoms with Crippen LogP contribution in [0.1, 0.15) is 24.3 Å². The first-order valence-electron chi connectivity index (χ1n) is 6.05. The van der Waals surface area contributed by atoms with Crippen LogP contribution in [0.4, 0.5) is 0 Å². The summed E-state index contributed by atoms with van der Waals surface area (Å²) in [5, 5.41) is 3.89. The minimum atomic E-state index is -0.0705. The van der Waals surface area contributed by atoms with Crippen molar-refractivity contribution in [1.29, 1.82) is 0 Å². The number of carbonyl (C=O) groups is 1. The molecule has 96 valence electrons. The van der Waals surface area contributed by atoms with Crippen molar-refractivity contribution < 1.29 is 9.53 Å². The maximum Gasteiger partial charge on any atom is 0.267 e. The number of amides is 1. The fourth-order valence-corrected chi connectivity index (χ4v) is 1.75. The molecule has 0 spiro atoms. The normalized spacial score (nSPS) is 10.9. The molecule has 1 aromatic carbocycles. The Hall–Kier alpha value is -1.97. The molecule has 1 aromatic heterocycles. The molecule has 0 aliphatic carbocycles. The third-order valence-corrected chi connectivity index (χ3v) is 2.75. The third kappa shape index (κ3) is 2.64. The van der Waals surface area contributed by atoms with Gasteiger partial charge in [0.05, 0.1) is 7.11 Å². The van der Waals surface area contributed by atoms with Gasteiger partial charge in [-0.05, 0) is 24.1 Å². The molecule has 4 nitrogen and oxygen atoms in total. The first-order chi connectivity index (χ1) is 8.60. The van der Waals surface area contributed by atoms with Crippen LogP contribution in [0.2, 0.25) is 0 Å². The first-order valence-corrected chi connectivity index (χ1v) is 6.05. The second-order valence-corrected chi connectivity index (χ2v) is 4.74. The number of hydrogen-bond acceptors (Lipinski definition) is 2. The minimum absolute atomic E-state index is 0.0705. The van der Waals surface area contributed by atoms with Crippen molar-refractivity contribution in [3.05, 3.63) is 30.0 Å². The Morgan fingerprint density at radius 1 is 1.39 bits per heavy atom. The molecule has 2 N–H and O–H groups in total. The highest BCUT2D eigenvalue weighted by atomic mass is 16.5. The van der Waals surface area contributed by atoms with Gasteiger partial charge in [0.1, 0.15) is 11.4 Å². The number of aromatic nitrogens is 1. The summed E-state index contributed by atoms with van der Waals surface area (Å²) < 4.78 is 5.15. The van der Waals surface area contributed by atoms with Crippen molar-refractivity contribution in [2.45, 2.75) is 13.8 Å². The van der Waals surface area contributed by atoms with E-state index in [-0.39, 0.29) is 5.91 Å². The summed E-state index contributed by atoms with van der Waals surface area (Å²) in [6.07, 6.45) is 0. The zero-order chi connectivity index (χ0) is 13.1. The number of benzene rings is 1. The predicted molar refractivity (Wildman–Crippen MR) is 72.0 cm³/mol. The van der Waals surface area contributed by atoms with Gasteiger partial charge in [0.25, 0.3) is 5.91 Å². The number of H-pyrrole nitrogens is 1. The van der Waals surface area contributed by atoms with Gasteiger partial charge in [-0.25, -0.2) is 0 Å². The van der Waals surface area contributed by atoms with E-state index in [9.17, 15) is 4.79 Å². The van der Waals surface area contributed by atoms with Crippen LogP contribution in [0.5, 0.6) is 5.75 Å². The van der Waals surface area contributed by atoms with E-state index in [4.69, 9.17) is 4.74 Å². The van der Waals surface area contributed by atoms with Crippen LogP contribution in [0.15, 0.2) is 24.3 Å². The lowest BCUT2D eigenvalue weighted by molar-refractivity contribution is 0.0945. The monoisotopic (exact) mass is 246 g/mol. The second kappa shape index (κ2) is 5.12. The zero-order valence-corrected chi connectivity index (χ0v) is 10.9. The molecule has 0 radical (unpaired) electrons. The third-order valence-electron chi connectivity index (χ3n) is 2.75. The van der Waals surface area contributed by atoms with Gasteiger partial charge in [-0.15, -0.1) is 0 Å². The Morgan fingerprint density at radius 2 is 2.17 bits per heavy atom. The van der Waals surface area contributed by atoms with E-state index in [1.807, 2.05) is 24.3 Å². The Labute approximate surface area is 106 Å². The van der Waals surface area contributed by atoms with E-state index >= 15 is 0 Å². The van der Waals surface area contributed by atoms with Gasteiger partial charge in [-0.2, -0.15) is 0 Å². The Kier molecular flexibility index (Phi) is 3.55. The largest absolute Gasteiger partial charge is 0.497 e. The molecule has 0 atom stereocenters. The fourth-order valence-electron chi connectivity index (χ4n) is 1.75. The van der Waals surface area contributed by atoms with E-state index < -0.39 is 0 Å². The Bertz CT molecular complexity index is 558. The minimum Gasteiger partial charge on any atom is -0.497 e. The van der Waals surface area contributed by atoms with Gasteiger partial charge in [0.15, 0.2) is 0 Å². The number of rotatable bonds is 4. The molecule has 2 aromatic rings. The molecule has 1 heterocycles. The topological polar surface area (TPSA) is 54.1 Å². The summed E-state index contributed by atoms with van der Waals surface area (Å²) in [7, 11) is 1.63. The highest BCUT2D eigenvalue weighted by molar-refractivity contribution is 5.98. The number of aromatic amines is 1. The van der Waals surface area contributed by atoms with Crippen LogP contribution in [-0.4, -0.2) is 24.5 Å². The average Bonchev–Trinajstić information content (AvgIpc) is 2.78. The molecule has 0 saturated heterocycles. The number of ether oxygens (including phenoxy) is 1. The van der Waals surface area contributed by atoms with Crippen LogP contribution in [-0.2, 0) is 0 Å². The molecular formula is C14H18N2O2. The summed E-state index contributed by atoms with van der Waals surface area (Å²) in [5.74, 6) is 1.15. The molecule has 1 amide bonds. The summed E-state index contributed by atoms with van der Waals surface area (Å²) in [4.78, 5) is 15.0. The molecule has 0 fully saturated rings. The molecule has 0 aliphatic heterocycles. The smallest absolute Gasteiger partial charge is 0.267 e. The lowest BCUT2D eigenvalue weighted by Crippen LogP contribution is -2.27. The van der Waals surface area contributed by atoms with Gasteiger partial charge in [0, 0.05) is 23.5 Å². The lowest BCUT2D eigenvalue weighted by Gasteiger charge is -2.05. The zero-order valence-electron chi connectivity index (χ0n) is 10.9. The summed E-state index contributed by atoms with van der Waals surface area (Å²) in [6, 6.07) is 7.55. The van der Waals surface area contributed by atoms with Gasteiger partial charge >= 0.3 is 0 Å². The molecular weight excluding hydrogens is 228 g/mol. The van der Waals surface area contributed by atoms with Crippen molar-refractivity contribution in [2.24, 2.45) is 5.92 Å². The van der Waals surface area contributed by atoms with E-state index in [0.717, 1.165) is 16.7 Å². The standard InChI is InChI=1S/C14H18N2O2/c1-9(2)8-15-14(17)13-6-10-4-5-11(18-3)7-12(10)16-13/h4-7,9,16H,8H2,1-3H3,(H,15,17). The van der Waals surface area contributed by atoms with Crippen molar-refractivity contribution in [2.75, 3.05) is 13.7 Å². The number of fused-ring (bicyclic) bond motifs is 1. The van der Waals surface area contributed by atoms with Crippen molar-refractivity contribution in [1.82, 2.24) is 10.3 Å². The van der Waals surface area contributed by atoms with Gasteiger partial charge in [0.2, 0.25) is 0 Å². The van der Waals surface area contributed by atoms with E-state index in [1.54, 1.807) is 7.11 Å². The van der Waals surface area contributed by atoms with Crippen LogP contribution < -0.4 is 10.1 Å². The fraction of sp³-hybridized carbons (Fsp3) is 0.357. The first kappa shape index (κ1) is 12.5. The van der Waals surface area contributed by atoms with E-state index in [0.29, 0.717) is 18.2 Å². The van der Waals surface area contributed by atoms with Gasteiger partial charge in [-0.1, -0.05) is 13.8 Å². The maximum absolute atomic E-state index is 11.9. The van der Waals surface area contributed by atoms with E-state index in [1.165, 1.54) is 0 Å². The predicted octanol–water partition coefficient (Wildman–Crippen LogP) is 2.56. The molecule has 18 heavy (non-hydrogen) atoms. The van der Waals surface area contributed by atoms with Gasteiger partial charge in [-0.3, -0.25) is 4.79 Å². The van der Waals surface area contributed by atoms with Crippen molar-refractivity contribution in [3.8, 4) is 5.75 Å². The molecule has 2 rings (SSSR count). The molecule has 0 aliphatic rings. The summed E-state index contributed by atoms with van der Waals surface area (Å²) in [5.41, 5.74) is 1.49. The average molecular weight is 246 g/mol. The Balaban J connectivity index is 2.21. The number of carbonyl (C=O) groups excluding carboxylic acids is 1. The van der Waals surface area contributed by atoms with Gasteiger partial charge < -0.3 is 15.0 Å². The van der Waals surface area contributed by atoms with Crippen LogP contribution in [0.3, 0.4) is 0 Å². The quantitative estimate of drug-likeness (QED) is 0.871. The van der Waals surface area contributed by atoms with Crippen LogP contribution >= 0.6 is 0 Å². The number of nitrogens with one attached hydrogen (secondary N) is 2. The Morgan fingerprint density at radius 3 is 2.83 bits per heavy atom. The highest BCUT2D eigenvalue weighted by Crippen LogP contribution is 2.21. The lowest BCUT2D eigenvalue weighted by atomic mass is 10.2. The number of methoxy groups -OCH3 is 1. The van der Waals surface area contributed by atoms with Crippen LogP contribution in [0, 0.1) is 5.92 Å². The molecule has 0 unspecified atom stereocenters. The van der Waals surface area contributed by atoms with Crippen LogP contribution in [0.25, 0.3) is 10.9 Å². The summed E-state index contributed by atoms with van der Waals surface area (Å²) >= 11 is 0. The van der Waals surface area contributed by atoms with E-state index in [2.05, 4.69) is 24.1 Å².